The van der Waals surface area contributed by atoms with E-state index in [1.165, 1.54) is 0 Å². The number of piperidine rings is 1. The largest absolute Gasteiger partial charge is 0.340 e. The summed E-state index contributed by atoms with van der Waals surface area (Å²) in [6, 6.07) is 0. The van der Waals surface area contributed by atoms with Crippen molar-refractivity contribution < 1.29 is 4.79 Å². The lowest BCUT2D eigenvalue weighted by Gasteiger charge is -2.36. The van der Waals surface area contributed by atoms with E-state index in [0.717, 1.165) is 58.7 Å². The molecule has 0 spiro atoms. The molecule has 1 N–H and O–H groups in total. The Balaban J connectivity index is 1.79. The Morgan fingerprint density at radius 2 is 2.12 bits per heavy atom. The maximum atomic E-state index is 12.3. The first-order chi connectivity index (χ1) is 8.31. The summed E-state index contributed by atoms with van der Waals surface area (Å²) in [6.07, 6.45) is 4.12. The predicted octanol–water partition coefficient (Wildman–Crippen LogP) is 0.316. The van der Waals surface area contributed by atoms with Gasteiger partial charge in [0.2, 0.25) is 5.91 Å². The van der Waals surface area contributed by atoms with Crippen molar-refractivity contribution >= 4 is 5.91 Å². The summed E-state index contributed by atoms with van der Waals surface area (Å²) in [4.78, 5) is 16.6. The molecule has 0 aromatic rings. The van der Waals surface area contributed by atoms with Gasteiger partial charge in [-0.2, -0.15) is 0 Å². The molecule has 4 heteroatoms. The minimum absolute atomic E-state index is 0.217. The zero-order chi connectivity index (χ0) is 12.1. The lowest BCUT2D eigenvalue weighted by atomic mass is 9.98. The monoisotopic (exact) mass is 237 g/mol. The summed E-state index contributed by atoms with van der Waals surface area (Å²) in [5.41, 5.74) is 0. The van der Waals surface area contributed by atoms with Gasteiger partial charge < -0.3 is 10.2 Å². The number of carbonyl (C=O) groups excluding carboxylic acids is 1. The summed E-state index contributed by atoms with van der Waals surface area (Å²) < 4.78 is 0. The SMILES string of the molecule is C=CCN1CCN(C(=O)C2CCCNC2)CC1. The van der Waals surface area contributed by atoms with E-state index in [2.05, 4.69) is 16.8 Å². The molecule has 1 atom stereocenters. The summed E-state index contributed by atoms with van der Waals surface area (Å²) in [7, 11) is 0. The smallest absolute Gasteiger partial charge is 0.227 e. The summed E-state index contributed by atoms with van der Waals surface area (Å²) in [5, 5.41) is 3.31. The van der Waals surface area contributed by atoms with Gasteiger partial charge in [0, 0.05) is 39.3 Å². The highest BCUT2D eigenvalue weighted by atomic mass is 16.2. The molecule has 96 valence electrons. The molecule has 1 unspecified atom stereocenters. The first-order valence-electron chi connectivity index (χ1n) is 6.64. The van der Waals surface area contributed by atoms with Crippen LogP contribution in [-0.2, 0) is 4.79 Å². The Kier molecular flexibility index (Phi) is 4.57. The van der Waals surface area contributed by atoms with Gasteiger partial charge in [0.25, 0.3) is 0 Å². The number of hydrogen-bond donors (Lipinski definition) is 1. The number of rotatable bonds is 3. The van der Waals surface area contributed by atoms with Crippen molar-refractivity contribution in [3.63, 3.8) is 0 Å². The fourth-order valence-corrected chi connectivity index (χ4v) is 2.65. The van der Waals surface area contributed by atoms with Crippen LogP contribution < -0.4 is 5.32 Å². The van der Waals surface area contributed by atoms with E-state index < -0.39 is 0 Å². The molecule has 2 heterocycles. The van der Waals surface area contributed by atoms with Crippen LogP contribution in [0.5, 0.6) is 0 Å². The van der Waals surface area contributed by atoms with Gasteiger partial charge in [-0.1, -0.05) is 6.08 Å². The second kappa shape index (κ2) is 6.17. The lowest BCUT2D eigenvalue weighted by Crippen LogP contribution is -2.52. The number of nitrogens with one attached hydrogen (secondary N) is 1. The summed E-state index contributed by atoms with van der Waals surface area (Å²) in [6.45, 7) is 10.3. The van der Waals surface area contributed by atoms with Gasteiger partial charge in [0.15, 0.2) is 0 Å². The Hall–Kier alpha value is -0.870. The molecule has 1 amide bonds. The van der Waals surface area contributed by atoms with Crippen LogP contribution in [0.1, 0.15) is 12.8 Å². The molecule has 2 saturated heterocycles. The number of nitrogens with zero attached hydrogens (tertiary/aromatic N) is 2. The Morgan fingerprint density at radius 3 is 2.71 bits per heavy atom. The summed E-state index contributed by atoms with van der Waals surface area (Å²) in [5.74, 6) is 0.574. The van der Waals surface area contributed by atoms with Gasteiger partial charge in [-0.15, -0.1) is 6.58 Å². The van der Waals surface area contributed by atoms with E-state index in [1.807, 2.05) is 11.0 Å². The molecule has 2 rings (SSSR count). The third-order valence-electron chi connectivity index (χ3n) is 3.72. The molecule has 0 aromatic carbocycles. The zero-order valence-corrected chi connectivity index (χ0v) is 10.5. The molecular formula is C13H23N3O. The second-order valence-electron chi connectivity index (χ2n) is 4.96. The van der Waals surface area contributed by atoms with Crippen molar-refractivity contribution in [2.24, 2.45) is 5.92 Å². The van der Waals surface area contributed by atoms with E-state index in [4.69, 9.17) is 0 Å². The average Bonchev–Trinajstić information content (AvgIpc) is 2.40. The fourth-order valence-electron chi connectivity index (χ4n) is 2.65. The van der Waals surface area contributed by atoms with Gasteiger partial charge >= 0.3 is 0 Å². The normalized spacial score (nSPS) is 26.8. The number of hydrogen-bond acceptors (Lipinski definition) is 3. The van der Waals surface area contributed by atoms with Gasteiger partial charge in [0.05, 0.1) is 5.92 Å². The van der Waals surface area contributed by atoms with Crippen LogP contribution in [0.4, 0.5) is 0 Å². The minimum atomic E-state index is 0.217. The van der Waals surface area contributed by atoms with Crippen LogP contribution in [0.2, 0.25) is 0 Å². The standard InChI is InChI=1S/C13H23N3O/c1-2-6-15-7-9-16(10-8-15)13(17)12-4-3-5-14-11-12/h2,12,14H,1,3-11H2. The highest BCUT2D eigenvalue weighted by Gasteiger charge is 2.27. The number of piperazine rings is 1. The van der Waals surface area contributed by atoms with Crippen LogP contribution in [-0.4, -0.2) is 61.5 Å². The molecule has 2 aliphatic rings. The number of carbonyl (C=O) groups is 1. The van der Waals surface area contributed by atoms with Crippen molar-refractivity contribution in [2.75, 3.05) is 45.8 Å². The van der Waals surface area contributed by atoms with E-state index in [9.17, 15) is 4.79 Å². The Morgan fingerprint density at radius 1 is 1.35 bits per heavy atom. The van der Waals surface area contributed by atoms with E-state index >= 15 is 0 Å². The third kappa shape index (κ3) is 3.30. The molecule has 2 aliphatic heterocycles. The van der Waals surface area contributed by atoms with Gasteiger partial charge in [-0.3, -0.25) is 9.69 Å². The fraction of sp³-hybridized carbons (Fsp3) is 0.769. The quantitative estimate of drug-likeness (QED) is 0.718. The van der Waals surface area contributed by atoms with Gasteiger partial charge in [-0.25, -0.2) is 0 Å². The molecule has 0 saturated carbocycles. The minimum Gasteiger partial charge on any atom is -0.340 e. The maximum Gasteiger partial charge on any atom is 0.227 e. The molecule has 0 bridgehead atoms. The van der Waals surface area contributed by atoms with Crippen molar-refractivity contribution in [3.05, 3.63) is 12.7 Å². The number of amides is 1. The van der Waals surface area contributed by atoms with Crippen LogP contribution in [0.25, 0.3) is 0 Å². The topological polar surface area (TPSA) is 35.6 Å². The predicted molar refractivity (Wildman–Crippen MR) is 68.8 cm³/mol. The summed E-state index contributed by atoms with van der Waals surface area (Å²) >= 11 is 0. The molecular weight excluding hydrogens is 214 g/mol. The van der Waals surface area contributed by atoms with Crippen molar-refractivity contribution in [2.45, 2.75) is 12.8 Å². The van der Waals surface area contributed by atoms with Gasteiger partial charge in [0.1, 0.15) is 0 Å². The van der Waals surface area contributed by atoms with Gasteiger partial charge in [-0.05, 0) is 19.4 Å². The maximum absolute atomic E-state index is 12.3. The second-order valence-corrected chi connectivity index (χ2v) is 4.96. The van der Waals surface area contributed by atoms with Crippen LogP contribution in [0.15, 0.2) is 12.7 Å². The molecule has 4 nitrogen and oxygen atoms in total. The molecule has 0 aromatic heterocycles. The molecule has 0 radical (unpaired) electrons. The first-order valence-corrected chi connectivity index (χ1v) is 6.64. The van der Waals surface area contributed by atoms with Crippen molar-refractivity contribution in [3.8, 4) is 0 Å². The van der Waals surface area contributed by atoms with E-state index in [-0.39, 0.29) is 5.92 Å². The van der Waals surface area contributed by atoms with E-state index in [1.54, 1.807) is 0 Å². The highest BCUT2D eigenvalue weighted by Crippen LogP contribution is 2.14. The van der Waals surface area contributed by atoms with Crippen LogP contribution in [0.3, 0.4) is 0 Å². The molecule has 2 fully saturated rings. The van der Waals surface area contributed by atoms with Crippen LogP contribution in [0, 0.1) is 5.92 Å². The Bertz CT molecular complexity index is 266. The van der Waals surface area contributed by atoms with Crippen molar-refractivity contribution in [1.82, 2.24) is 15.1 Å². The van der Waals surface area contributed by atoms with E-state index in [0.29, 0.717) is 5.91 Å². The molecule has 0 aliphatic carbocycles. The Labute approximate surface area is 104 Å². The average molecular weight is 237 g/mol. The van der Waals surface area contributed by atoms with Crippen LogP contribution >= 0.6 is 0 Å². The first kappa shape index (κ1) is 12.6. The lowest BCUT2D eigenvalue weighted by molar-refractivity contribution is -0.137. The third-order valence-corrected chi connectivity index (χ3v) is 3.72. The molecule has 17 heavy (non-hydrogen) atoms. The zero-order valence-electron chi connectivity index (χ0n) is 10.5. The highest BCUT2D eigenvalue weighted by molar-refractivity contribution is 5.79. The van der Waals surface area contributed by atoms with Crippen molar-refractivity contribution in [1.29, 1.82) is 0 Å².